The highest BCUT2D eigenvalue weighted by molar-refractivity contribution is 6.03. The van der Waals surface area contributed by atoms with Crippen LogP contribution in [0.4, 0.5) is 16.0 Å². The van der Waals surface area contributed by atoms with Crippen LogP contribution in [0, 0.1) is 11.7 Å². The van der Waals surface area contributed by atoms with Gasteiger partial charge in [0.25, 0.3) is 5.91 Å². The maximum Gasteiger partial charge on any atom is 0.274 e. The fourth-order valence-electron chi connectivity index (χ4n) is 3.66. The molecule has 0 unspecified atom stereocenters. The Balaban J connectivity index is 1.38. The molecule has 2 aromatic carbocycles. The van der Waals surface area contributed by atoms with Crippen LogP contribution in [0.2, 0.25) is 0 Å². The molecule has 3 aromatic rings. The summed E-state index contributed by atoms with van der Waals surface area (Å²) in [6, 6.07) is 18.2. The van der Waals surface area contributed by atoms with Gasteiger partial charge >= 0.3 is 0 Å². The third-order valence-corrected chi connectivity index (χ3v) is 5.26. The van der Waals surface area contributed by atoms with Gasteiger partial charge in [0.2, 0.25) is 5.95 Å². The van der Waals surface area contributed by atoms with Gasteiger partial charge in [0.05, 0.1) is 5.69 Å². The molecule has 1 aliphatic heterocycles. The van der Waals surface area contributed by atoms with E-state index >= 15 is 0 Å². The highest BCUT2D eigenvalue weighted by Gasteiger charge is 2.22. The zero-order chi connectivity index (χ0) is 20.1. The van der Waals surface area contributed by atoms with E-state index < -0.39 is 11.7 Å². The number of benzene rings is 2. The molecule has 0 spiro atoms. The summed E-state index contributed by atoms with van der Waals surface area (Å²) in [7, 11) is 0. The minimum Gasteiger partial charge on any atom is -0.341 e. The van der Waals surface area contributed by atoms with Crippen molar-refractivity contribution in [2.45, 2.75) is 19.3 Å². The maximum atomic E-state index is 13.8. The normalized spacial score (nSPS) is 14.6. The second kappa shape index (κ2) is 8.82. The van der Waals surface area contributed by atoms with Gasteiger partial charge in [-0.2, -0.15) is 0 Å². The molecule has 29 heavy (non-hydrogen) atoms. The molecular weight excluding hydrogens is 367 g/mol. The molecule has 1 fully saturated rings. The standard InChI is InChI=1S/C23H23FN4O/c24-19-8-4-5-9-20(19)26-22(29)21-10-13-25-23(27-21)28-14-11-18(12-15-28)16-17-6-2-1-3-7-17/h1-10,13,18H,11-12,14-16H2,(H,26,29). The molecule has 0 radical (unpaired) electrons. The monoisotopic (exact) mass is 390 g/mol. The Hall–Kier alpha value is -3.28. The van der Waals surface area contributed by atoms with Crippen LogP contribution >= 0.6 is 0 Å². The SMILES string of the molecule is O=C(Nc1ccccc1F)c1ccnc(N2CCC(Cc3ccccc3)CC2)n1. The Bertz CT molecular complexity index is 971. The Kier molecular flexibility index (Phi) is 5.79. The molecule has 6 heteroatoms. The predicted octanol–water partition coefficient (Wildman–Crippen LogP) is 4.33. The summed E-state index contributed by atoms with van der Waals surface area (Å²) in [6.45, 7) is 1.71. The zero-order valence-corrected chi connectivity index (χ0v) is 16.1. The lowest BCUT2D eigenvalue weighted by Gasteiger charge is -2.32. The van der Waals surface area contributed by atoms with Crippen LogP contribution in [0.5, 0.6) is 0 Å². The fourth-order valence-corrected chi connectivity index (χ4v) is 3.66. The molecule has 0 atom stereocenters. The Morgan fingerprint density at radius 3 is 2.52 bits per heavy atom. The van der Waals surface area contributed by atoms with Crippen LogP contribution in [-0.2, 0) is 6.42 Å². The van der Waals surface area contributed by atoms with Crippen LogP contribution in [0.1, 0.15) is 28.9 Å². The van der Waals surface area contributed by atoms with Gasteiger partial charge in [-0.1, -0.05) is 42.5 Å². The molecule has 4 rings (SSSR count). The van der Waals surface area contributed by atoms with E-state index in [0.717, 1.165) is 32.4 Å². The average molecular weight is 390 g/mol. The summed E-state index contributed by atoms with van der Waals surface area (Å²) >= 11 is 0. The third kappa shape index (κ3) is 4.77. The number of hydrogen-bond acceptors (Lipinski definition) is 4. The number of anilines is 2. The average Bonchev–Trinajstić information content (AvgIpc) is 2.77. The second-order valence-corrected chi connectivity index (χ2v) is 7.30. The minimum absolute atomic E-state index is 0.138. The number of amides is 1. The smallest absolute Gasteiger partial charge is 0.274 e. The first-order valence-corrected chi connectivity index (χ1v) is 9.87. The first kappa shape index (κ1) is 19.1. The van der Waals surface area contributed by atoms with Crippen molar-refractivity contribution in [2.24, 2.45) is 5.92 Å². The lowest BCUT2D eigenvalue weighted by Crippen LogP contribution is -2.35. The molecule has 1 saturated heterocycles. The van der Waals surface area contributed by atoms with E-state index in [2.05, 4.69) is 44.5 Å². The summed E-state index contributed by atoms with van der Waals surface area (Å²) < 4.78 is 13.8. The van der Waals surface area contributed by atoms with Crippen molar-refractivity contribution < 1.29 is 9.18 Å². The van der Waals surface area contributed by atoms with E-state index in [1.165, 1.54) is 17.7 Å². The topological polar surface area (TPSA) is 58.1 Å². The first-order valence-electron chi connectivity index (χ1n) is 9.87. The number of nitrogens with one attached hydrogen (secondary N) is 1. The summed E-state index contributed by atoms with van der Waals surface area (Å²) in [5, 5.41) is 2.57. The molecule has 0 saturated carbocycles. The Labute approximate surface area is 169 Å². The van der Waals surface area contributed by atoms with Gasteiger partial charge in [-0.05, 0) is 48.9 Å². The molecule has 5 nitrogen and oxygen atoms in total. The number of halogens is 1. The van der Waals surface area contributed by atoms with Crippen molar-refractivity contribution >= 4 is 17.5 Å². The minimum atomic E-state index is -0.476. The predicted molar refractivity (Wildman–Crippen MR) is 111 cm³/mol. The van der Waals surface area contributed by atoms with E-state index in [1.807, 2.05) is 6.07 Å². The van der Waals surface area contributed by atoms with Gasteiger partial charge in [-0.25, -0.2) is 14.4 Å². The van der Waals surface area contributed by atoms with E-state index in [-0.39, 0.29) is 11.4 Å². The number of nitrogens with zero attached hydrogens (tertiary/aromatic N) is 3. The number of hydrogen-bond donors (Lipinski definition) is 1. The summed E-state index contributed by atoms with van der Waals surface area (Å²) in [4.78, 5) is 23.3. The molecule has 0 bridgehead atoms. The van der Waals surface area contributed by atoms with Gasteiger partial charge < -0.3 is 10.2 Å². The number of rotatable bonds is 5. The molecule has 1 aromatic heterocycles. The van der Waals surface area contributed by atoms with Crippen molar-refractivity contribution in [3.8, 4) is 0 Å². The molecular formula is C23H23FN4O. The summed E-state index contributed by atoms with van der Waals surface area (Å²) in [6.07, 6.45) is 4.78. The van der Waals surface area contributed by atoms with Gasteiger partial charge in [-0.3, -0.25) is 4.79 Å². The van der Waals surface area contributed by atoms with Crippen LogP contribution in [0.25, 0.3) is 0 Å². The van der Waals surface area contributed by atoms with Crippen LogP contribution in [0.15, 0.2) is 66.9 Å². The zero-order valence-electron chi connectivity index (χ0n) is 16.1. The lowest BCUT2D eigenvalue weighted by molar-refractivity contribution is 0.102. The molecule has 2 heterocycles. The van der Waals surface area contributed by atoms with Crippen LogP contribution in [0.3, 0.4) is 0 Å². The van der Waals surface area contributed by atoms with Crippen molar-refractivity contribution in [1.82, 2.24) is 9.97 Å². The number of aromatic nitrogens is 2. The van der Waals surface area contributed by atoms with E-state index in [0.29, 0.717) is 11.9 Å². The van der Waals surface area contributed by atoms with E-state index in [9.17, 15) is 9.18 Å². The second-order valence-electron chi connectivity index (χ2n) is 7.30. The fraction of sp³-hybridized carbons (Fsp3) is 0.261. The quantitative estimate of drug-likeness (QED) is 0.705. The van der Waals surface area contributed by atoms with E-state index in [4.69, 9.17) is 0 Å². The molecule has 148 valence electrons. The molecule has 1 amide bonds. The largest absolute Gasteiger partial charge is 0.341 e. The highest BCUT2D eigenvalue weighted by Crippen LogP contribution is 2.24. The maximum absolute atomic E-state index is 13.8. The summed E-state index contributed by atoms with van der Waals surface area (Å²) in [5.74, 6) is 0.263. The van der Waals surface area contributed by atoms with Gasteiger partial charge in [0, 0.05) is 19.3 Å². The molecule has 1 N–H and O–H groups in total. The third-order valence-electron chi connectivity index (χ3n) is 5.26. The van der Waals surface area contributed by atoms with Gasteiger partial charge in [0.1, 0.15) is 11.5 Å². The van der Waals surface area contributed by atoms with Gasteiger partial charge in [0.15, 0.2) is 0 Å². The van der Waals surface area contributed by atoms with Crippen molar-refractivity contribution in [2.75, 3.05) is 23.3 Å². The van der Waals surface area contributed by atoms with Crippen molar-refractivity contribution in [1.29, 1.82) is 0 Å². The van der Waals surface area contributed by atoms with Crippen molar-refractivity contribution in [3.63, 3.8) is 0 Å². The number of para-hydroxylation sites is 1. The first-order chi connectivity index (χ1) is 14.2. The number of carbonyl (C=O) groups is 1. The Morgan fingerprint density at radius 1 is 1.03 bits per heavy atom. The lowest BCUT2D eigenvalue weighted by atomic mass is 9.90. The number of piperidine rings is 1. The summed E-state index contributed by atoms with van der Waals surface area (Å²) in [5.41, 5.74) is 1.73. The van der Waals surface area contributed by atoms with Crippen molar-refractivity contribution in [3.05, 3.63) is 83.9 Å². The molecule has 0 aliphatic carbocycles. The highest BCUT2D eigenvalue weighted by atomic mass is 19.1. The van der Waals surface area contributed by atoms with Crippen LogP contribution in [-0.4, -0.2) is 29.0 Å². The molecule has 1 aliphatic rings. The van der Waals surface area contributed by atoms with Gasteiger partial charge in [-0.15, -0.1) is 0 Å². The number of carbonyl (C=O) groups excluding carboxylic acids is 1. The van der Waals surface area contributed by atoms with Crippen LogP contribution < -0.4 is 10.2 Å². The Morgan fingerprint density at radius 2 is 1.76 bits per heavy atom. The van der Waals surface area contributed by atoms with E-state index in [1.54, 1.807) is 24.4 Å².